The zero-order valence-corrected chi connectivity index (χ0v) is 12.1. The summed E-state index contributed by atoms with van der Waals surface area (Å²) in [4.78, 5) is 10.9. The van der Waals surface area contributed by atoms with Gasteiger partial charge in [-0.05, 0) is 47.7 Å². The van der Waals surface area contributed by atoms with E-state index in [1.165, 1.54) is 0 Å². The van der Waals surface area contributed by atoms with E-state index < -0.39 is 8.32 Å². The van der Waals surface area contributed by atoms with Gasteiger partial charge in [0.2, 0.25) is 8.32 Å². The van der Waals surface area contributed by atoms with Gasteiger partial charge in [-0.3, -0.25) is 4.79 Å². The lowest BCUT2D eigenvalue weighted by molar-refractivity contribution is 0.112. The highest BCUT2D eigenvalue weighted by Crippen LogP contribution is 2.33. The average Bonchev–Trinajstić information content (AvgIpc) is 2.10. The lowest BCUT2D eigenvalue weighted by atomic mass is 10.2. The molecule has 82 valence electrons. The Bertz CT molecular complexity index is 388. The molecule has 0 spiro atoms. The number of carbonyl (C=O) groups is 1. The van der Waals surface area contributed by atoms with Gasteiger partial charge in [0, 0.05) is 4.47 Å². The van der Waals surface area contributed by atoms with Crippen LogP contribution in [0.5, 0.6) is 5.75 Å². The van der Waals surface area contributed by atoms with Gasteiger partial charge in [-0.2, -0.15) is 0 Å². The van der Waals surface area contributed by atoms with Crippen molar-refractivity contribution >= 4 is 42.1 Å². The van der Waals surface area contributed by atoms with E-state index in [4.69, 9.17) is 16.0 Å². The Morgan fingerprint density at radius 1 is 1.40 bits per heavy atom. The zero-order chi connectivity index (χ0) is 11.6. The molecule has 0 aliphatic heterocycles. The van der Waals surface area contributed by atoms with E-state index in [9.17, 15) is 4.79 Å². The van der Waals surface area contributed by atoms with Crippen LogP contribution < -0.4 is 4.43 Å². The predicted octanol–water partition coefficient (Wildman–Crippen LogP) is 4.13. The molecule has 0 atom stereocenters. The van der Waals surface area contributed by atoms with Gasteiger partial charge in [0.05, 0.1) is 10.6 Å². The molecule has 0 radical (unpaired) electrons. The van der Waals surface area contributed by atoms with Crippen molar-refractivity contribution in [3.63, 3.8) is 0 Å². The van der Waals surface area contributed by atoms with Crippen LogP contribution >= 0.6 is 27.5 Å². The van der Waals surface area contributed by atoms with Crippen LogP contribution in [0.1, 0.15) is 10.4 Å². The molecule has 0 saturated heterocycles. The molecule has 1 rings (SSSR count). The fourth-order valence-electron chi connectivity index (χ4n) is 1.08. The fourth-order valence-corrected chi connectivity index (χ4v) is 2.46. The monoisotopic (exact) mass is 306 g/mol. The first-order chi connectivity index (χ1) is 6.85. The smallest absolute Gasteiger partial charge is 0.242 e. The zero-order valence-electron chi connectivity index (χ0n) is 8.80. The molecule has 0 saturated carbocycles. The topological polar surface area (TPSA) is 26.3 Å². The number of rotatable bonds is 3. The van der Waals surface area contributed by atoms with E-state index in [0.29, 0.717) is 20.8 Å². The summed E-state index contributed by atoms with van der Waals surface area (Å²) in [5.74, 6) is 0.567. The van der Waals surface area contributed by atoms with Crippen LogP contribution in [0.25, 0.3) is 0 Å². The summed E-state index contributed by atoms with van der Waals surface area (Å²) in [7, 11) is -1.72. The van der Waals surface area contributed by atoms with Crippen LogP contribution in [0.3, 0.4) is 0 Å². The minimum atomic E-state index is -1.72. The molecule has 0 aliphatic rings. The second kappa shape index (κ2) is 4.68. The van der Waals surface area contributed by atoms with Gasteiger partial charge in [-0.1, -0.05) is 11.6 Å². The van der Waals surface area contributed by atoms with E-state index in [1.54, 1.807) is 12.1 Å². The molecular weight excluding hydrogens is 296 g/mol. The Balaban J connectivity index is 3.19. The lowest BCUT2D eigenvalue weighted by Crippen LogP contribution is -2.29. The van der Waals surface area contributed by atoms with Crippen molar-refractivity contribution in [3.05, 3.63) is 27.2 Å². The van der Waals surface area contributed by atoms with Gasteiger partial charge in [0.1, 0.15) is 5.75 Å². The molecular formula is C10H12BrClO2Si. The Hall–Kier alpha value is -0.323. The highest BCUT2D eigenvalue weighted by Gasteiger charge is 2.20. The van der Waals surface area contributed by atoms with Crippen molar-refractivity contribution in [2.45, 2.75) is 19.6 Å². The Kier molecular flexibility index (Phi) is 3.97. The summed E-state index contributed by atoms with van der Waals surface area (Å²) in [5, 5.41) is 0.403. The molecule has 5 heteroatoms. The van der Waals surface area contributed by atoms with Crippen LogP contribution in [0.4, 0.5) is 0 Å². The Morgan fingerprint density at radius 2 is 2.00 bits per heavy atom. The van der Waals surface area contributed by atoms with Crippen molar-refractivity contribution in [2.24, 2.45) is 0 Å². The van der Waals surface area contributed by atoms with Crippen molar-refractivity contribution in [3.8, 4) is 5.75 Å². The SMILES string of the molecule is C[Si](C)(C)Oc1ccc(Br)c(Cl)c1C=O. The van der Waals surface area contributed by atoms with Crippen LogP contribution in [-0.2, 0) is 0 Å². The molecule has 2 nitrogen and oxygen atoms in total. The first kappa shape index (κ1) is 12.7. The highest BCUT2D eigenvalue weighted by molar-refractivity contribution is 9.10. The minimum Gasteiger partial charge on any atom is -0.544 e. The average molecular weight is 308 g/mol. The van der Waals surface area contributed by atoms with E-state index in [0.717, 1.165) is 6.29 Å². The van der Waals surface area contributed by atoms with Crippen molar-refractivity contribution in [1.29, 1.82) is 0 Å². The Morgan fingerprint density at radius 3 is 2.47 bits per heavy atom. The fraction of sp³-hybridized carbons (Fsp3) is 0.300. The van der Waals surface area contributed by atoms with E-state index >= 15 is 0 Å². The molecule has 0 N–H and O–H groups in total. The molecule has 1 aromatic carbocycles. The maximum atomic E-state index is 10.9. The second-order valence-electron chi connectivity index (χ2n) is 4.11. The number of halogens is 2. The molecule has 1 aromatic rings. The van der Waals surface area contributed by atoms with Crippen molar-refractivity contribution < 1.29 is 9.22 Å². The molecule has 0 bridgehead atoms. The van der Waals surface area contributed by atoms with E-state index in [2.05, 4.69) is 35.6 Å². The highest BCUT2D eigenvalue weighted by atomic mass is 79.9. The van der Waals surface area contributed by atoms with Crippen LogP contribution in [-0.4, -0.2) is 14.6 Å². The molecule has 0 aliphatic carbocycles. The van der Waals surface area contributed by atoms with Gasteiger partial charge in [0.25, 0.3) is 0 Å². The largest absolute Gasteiger partial charge is 0.544 e. The standard InChI is InChI=1S/C10H12BrClO2Si/c1-15(2,3)14-9-5-4-8(11)10(12)7(9)6-13/h4-6H,1-3H3. The molecule has 0 aromatic heterocycles. The van der Waals surface area contributed by atoms with Crippen LogP contribution in [0.2, 0.25) is 24.7 Å². The summed E-state index contributed by atoms with van der Waals surface area (Å²) >= 11 is 9.25. The van der Waals surface area contributed by atoms with E-state index in [1.807, 2.05) is 0 Å². The number of carbonyl (C=O) groups excluding carboxylic acids is 1. The summed E-state index contributed by atoms with van der Waals surface area (Å²) in [6.07, 6.45) is 0.725. The summed E-state index contributed by atoms with van der Waals surface area (Å²) in [6.45, 7) is 6.16. The van der Waals surface area contributed by atoms with Crippen molar-refractivity contribution in [1.82, 2.24) is 0 Å². The van der Waals surface area contributed by atoms with Gasteiger partial charge < -0.3 is 4.43 Å². The molecule has 0 unspecified atom stereocenters. The maximum Gasteiger partial charge on any atom is 0.242 e. The quantitative estimate of drug-likeness (QED) is 0.620. The van der Waals surface area contributed by atoms with Crippen LogP contribution in [0.15, 0.2) is 16.6 Å². The molecule has 15 heavy (non-hydrogen) atoms. The first-order valence-electron chi connectivity index (χ1n) is 4.47. The summed E-state index contributed by atoms with van der Waals surface area (Å²) in [5.41, 5.74) is 0.411. The summed E-state index contributed by atoms with van der Waals surface area (Å²) < 4.78 is 6.46. The number of hydrogen-bond acceptors (Lipinski definition) is 2. The first-order valence-corrected chi connectivity index (χ1v) is 9.05. The number of aldehydes is 1. The third-order valence-electron chi connectivity index (χ3n) is 1.63. The van der Waals surface area contributed by atoms with E-state index in [-0.39, 0.29) is 0 Å². The molecule has 0 heterocycles. The molecule has 0 fully saturated rings. The van der Waals surface area contributed by atoms with Gasteiger partial charge >= 0.3 is 0 Å². The van der Waals surface area contributed by atoms with Gasteiger partial charge in [-0.25, -0.2) is 0 Å². The summed E-state index contributed by atoms with van der Waals surface area (Å²) in [6, 6.07) is 3.54. The normalized spacial score (nSPS) is 11.3. The third kappa shape index (κ3) is 3.33. The maximum absolute atomic E-state index is 10.9. The van der Waals surface area contributed by atoms with Crippen LogP contribution in [0, 0.1) is 0 Å². The number of benzene rings is 1. The second-order valence-corrected chi connectivity index (χ2v) is 9.77. The lowest BCUT2D eigenvalue weighted by Gasteiger charge is -2.21. The Labute approximate surface area is 104 Å². The van der Waals surface area contributed by atoms with Gasteiger partial charge in [-0.15, -0.1) is 0 Å². The van der Waals surface area contributed by atoms with Gasteiger partial charge in [0.15, 0.2) is 6.29 Å². The predicted molar refractivity (Wildman–Crippen MR) is 68.5 cm³/mol. The third-order valence-corrected chi connectivity index (χ3v) is 3.76. The van der Waals surface area contributed by atoms with Crippen molar-refractivity contribution in [2.75, 3.05) is 0 Å². The number of hydrogen-bond donors (Lipinski definition) is 0. The molecule has 0 amide bonds. The minimum absolute atomic E-state index is 0.403.